The predicted octanol–water partition coefficient (Wildman–Crippen LogP) is 0.152. The smallest absolute Gasteiger partial charge is 0.271 e. The highest BCUT2D eigenvalue weighted by Gasteiger charge is 2.37. The predicted molar refractivity (Wildman–Crippen MR) is 85.4 cm³/mol. The van der Waals surface area contributed by atoms with Crippen LogP contribution in [0.1, 0.15) is 36.2 Å². The van der Waals surface area contributed by atoms with Crippen LogP contribution >= 0.6 is 0 Å². The molecule has 1 unspecified atom stereocenters. The zero-order valence-electron chi connectivity index (χ0n) is 13.7. The Morgan fingerprint density at radius 1 is 1.35 bits per heavy atom. The Hall–Kier alpha value is -1.73. The van der Waals surface area contributed by atoms with E-state index in [1.165, 1.54) is 16.8 Å². The van der Waals surface area contributed by atoms with Crippen LogP contribution < -0.4 is 10.9 Å². The van der Waals surface area contributed by atoms with Crippen molar-refractivity contribution in [3.8, 4) is 0 Å². The summed E-state index contributed by atoms with van der Waals surface area (Å²) < 4.78 is 6.62. The molecule has 7 heteroatoms. The van der Waals surface area contributed by atoms with Gasteiger partial charge in [0.2, 0.25) is 0 Å². The van der Waals surface area contributed by atoms with Gasteiger partial charge in [-0.25, -0.2) is 4.68 Å². The number of carbonyl (C=O) groups excluding carboxylic acids is 1. The average Bonchev–Trinajstić information content (AvgIpc) is 3.18. The summed E-state index contributed by atoms with van der Waals surface area (Å²) in [7, 11) is 3.31. The Kier molecular flexibility index (Phi) is 4.77. The van der Waals surface area contributed by atoms with Gasteiger partial charge >= 0.3 is 0 Å². The van der Waals surface area contributed by atoms with Gasteiger partial charge < -0.3 is 10.1 Å². The van der Waals surface area contributed by atoms with Crippen LogP contribution in [-0.2, 0) is 11.8 Å². The largest absolute Gasteiger partial charge is 0.380 e. The molecular weight excluding hydrogens is 296 g/mol. The van der Waals surface area contributed by atoms with E-state index < -0.39 is 0 Å². The van der Waals surface area contributed by atoms with Crippen LogP contribution in [0.15, 0.2) is 16.9 Å². The van der Waals surface area contributed by atoms with E-state index in [4.69, 9.17) is 4.74 Å². The van der Waals surface area contributed by atoms with Gasteiger partial charge in [0, 0.05) is 45.4 Å². The molecule has 2 fully saturated rings. The number of hydrogen-bond donors (Lipinski definition) is 1. The molecule has 126 valence electrons. The van der Waals surface area contributed by atoms with Gasteiger partial charge in [-0.3, -0.25) is 14.5 Å². The van der Waals surface area contributed by atoms with Crippen molar-refractivity contribution in [3.05, 3.63) is 28.2 Å². The third-order valence-corrected chi connectivity index (χ3v) is 4.97. The summed E-state index contributed by atoms with van der Waals surface area (Å²) in [6.45, 7) is 1.96. The quantitative estimate of drug-likeness (QED) is 0.855. The number of carbonyl (C=O) groups is 1. The SMILES string of the molecule is COC1CCN([C@H]2CCC[C@H]2NC(=O)c2ccc(=O)n(C)n2)C1. The number of amides is 1. The summed E-state index contributed by atoms with van der Waals surface area (Å²) in [6, 6.07) is 3.36. The highest BCUT2D eigenvalue weighted by Crippen LogP contribution is 2.28. The Balaban J connectivity index is 1.65. The molecule has 23 heavy (non-hydrogen) atoms. The van der Waals surface area contributed by atoms with Gasteiger partial charge in [0.25, 0.3) is 11.5 Å². The molecule has 0 spiro atoms. The molecule has 1 saturated heterocycles. The molecule has 1 aromatic heterocycles. The third kappa shape index (κ3) is 3.45. The lowest BCUT2D eigenvalue weighted by atomic mass is 10.1. The van der Waals surface area contributed by atoms with Gasteiger partial charge in [-0.2, -0.15) is 5.10 Å². The highest BCUT2D eigenvalue weighted by atomic mass is 16.5. The van der Waals surface area contributed by atoms with Crippen molar-refractivity contribution in [2.24, 2.45) is 7.05 Å². The summed E-state index contributed by atoms with van der Waals surface area (Å²) in [6.07, 6.45) is 4.55. The van der Waals surface area contributed by atoms with Crippen LogP contribution in [0.2, 0.25) is 0 Å². The Labute approximate surface area is 135 Å². The van der Waals surface area contributed by atoms with Crippen molar-refractivity contribution < 1.29 is 9.53 Å². The number of hydrogen-bond acceptors (Lipinski definition) is 5. The van der Waals surface area contributed by atoms with Gasteiger partial charge in [0.15, 0.2) is 0 Å². The zero-order chi connectivity index (χ0) is 16.4. The first kappa shape index (κ1) is 16.1. The third-order valence-electron chi connectivity index (χ3n) is 4.97. The lowest BCUT2D eigenvalue weighted by Gasteiger charge is -2.29. The molecule has 1 aliphatic carbocycles. The summed E-state index contributed by atoms with van der Waals surface area (Å²) in [5, 5.41) is 7.12. The fourth-order valence-electron chi connectivity index (χ4n) is 3.66. The Morgan fingerprint density at radius 3 is 2.87 bits per heavy atom. The van der Waals surface area contributed by atoms with Gasteiger partial charge in [-0.1, -0.05) is 0 Å². The van der Waals surface area contributed by atoms with E-state index in [2.05, 4.69) is 15.3 Å². The molecule has 0 bridgehead atoms. The summed E-state index contributed by atoms with van der Waals surface area (Å²) in [5.41, 5.74) is 0.0666. The molecular formula is C16H24N4O3. The number of aromatic nitrogens is 2. The zero-order valence-corrected chi connectivity index (χ0v) is 13.7. The maximum Gasteiger partial charge on any atom is 0.271 e. The number of aryl methyl sites for hydroxylation is 1. The van der Waals surface area contributed by atoms with E-state index in [0.717, 1.165) is 38.8 Å². The first-order chi connectivity index (χ1) is 11.1. The normalized spacial score (nSPS) is 28.2. The standard InChI is InChI=1S/C16H24N4O3/c1-19-15(21)7-6-13(18-19)16(22)17-12-4-3-5-14(12)20-9-8-11(10-20)23-2/h6-7,11-12,14H,3-5,8-10H2,1-2H3,(H,17,22)/t11?,12-,14+/m1/s1. The number of nitrogens with one attached hydrogen (secondary N) is 1. The van der Waals surface area contributed by atoms with Crippen molar-refractivity contribution in [2.75, 3.05) is 20.2 Å². The summed E-state index contributed by atoms with van der Waals surface area (Å²) in [4.78, 5) is 26.2. The molecule has 3 rings (SSSR count). The molecule has 1 amide bonds. The van der Waals surface area contributed by atoms with Crippen LogP contribution in [0.5, 0.6) is 0 Å². The van der Waals surface area contributed by atoms with E-state index in [0.29, 0.717) is 12.1 Å². The second-order valence-corrected chi connectivity index (χ2v) is 6.40. The maximum atomic E-state index is 12.4. The summed E-state index contributed by atoms with van der Waals surface area (Å²) >= 11 is 0. The number of nitrogens with zero attached hydrogens (tertiary/aromatic N) is 3. The number of methoxy groups -OCH3 is 1. The van der Waals surface area contributed by atoms with Crippen molar-refractivity contribution in [1.29, 1.82) is 0 Å². The van der Waals surface area contributed by atoms with E-state index in [1.807, 2.05) is 0 Å². The minimum absolute atomic E-state index is 0.136. The van der Waals surface area contributed by atoms with Crippen molar-refractivity contribution in [3.63, 3.8) is 0 Å². The maximum absolute atomic E-state index is 12.4. The second kappa shape index (κ2) is 6.80. The highest BCUT2D eigenvalue weighted by molar-refractivity contribution is 5.92. The van der Waals surface area contributed by atoms with E-state index in [9.17, 15) is 9.59 Å². The molecule has 1 saturated carbocycles. The van der Waals surface area contributed by atoms with E-state index in [-0.39, 0.29) is 23.2 Å². The number of rotatable bonds is 4. The average molecular weight is 320 g/mol. The fourth-order valence-corrected chi connectivity index (χ4v) is 3.66. The monoisotopic (exact) mass is 320 g/mol. The van der Waals surface area contributed by atoms with Gasteiger partial charge in [0.1, 0.15) is 5.69 Å². The molecule has 1 aliphatic heterocycles. The van der Waals surface area contributed by atoms with E-state index in [1.54, 1.807) is 14.2 Å². The van der Waals surface area contributed by atoms with Crippen molar-refractivity contribution in [2.45, 2.75) is 43.9 Å². The summed E-state index contributed by atoms with van der Waals surface area (Å²) in [5.74, 6) is -0.208. The van der Waals surface area contributed by atoms with Gasteiger partial charge in [-0.05, 0) is 31.7 Å². The Bertz CT molecular complexity index is 630. The molecule has 1 N–H and O–H groups in total. The van der Waals surface area contributed by atoms with Crippen LogP contribution in [0.4, 0.5) is 0 Å². The minimum atomic E-state index is -0.219. The first-order valence-corrected chi connectivity index (χ1v) is 8.20. The number of ether oxygens (including phenoxy) is 1. The molecule has 2 aliphatic rings. The number of likely N-dealkylation sites (tertiary alicyclic amines) is 1. The van der Waals surface area contributed by atoms with E-state index >= 15 is 0 Å². The van der Waals surface area contributed by atoms with Crippen molar-refractivity contribution >= 4 is 5.91 Å². The molecule has 3 atom stereocenters. The first-order valence-electron chi connectivity index (χ1n) is 8.20. The fraction of sp³-hybridized carbons (Fsp3) is 0.688. The minimum Gasteiger partial charge on any atom is -0.380 e. The second-order valence-electron chi connectivity index (χ2n) is 6.40. The van der Waals surface area contributed by atoms with Gasteiger partial charge in [-0.15, -0.1) is 0 Å². The van der Waals surface area contributed by atoms with Crippen LogP contribution in [-0.4, -0.2) is 59.0 Å². The molecule has 7 nitrogen and oxygen atoms in total. The lowest BCUT2D eigenvalue weighted by Crippen LogP contribution is -2.48. The van der Waals surface area contributed by atoms with Crippen LogP contribution in [0.3, 0.4) is 0 Å². The van der Waals surface area contributed by atoms with Crippen LogP contribution in [0.25, 0.3) is 0 Å². The van der Waals surface area contributed by atoms with Gasteiger partial charge in [0.05, 0.1) is 6.10 Å². The molecule has 0 aromatic carbocycles. The topological polar surface area (TPSA) is 76.5 Å². The molecule has 2 heterocycles. The lowest BCUT2D eigenvalue weighted by molar-refractivity contribution is 0.0867. The molecule has 0 radical (unpaired) electrons. The molecule has 1 aromatic rings. The van der Waals surface area contributed by atoms with Crippen molar-refractivity contribution in [1.82, 2.24) is 20.0 Å². The van der Waals surface area contributed by atoms with Crippen LogP contribution in [0, 0.1) is 0 Å². The Morgan fingerprint density at radius 2 is 2.17 bits per heavy atom.